The Morgan fingerprint density at radius 2 is 1.49 bits per heavy atom. The number of carbonyl (C=O) groups excluding carboxylic acids is 2. The van der Waals surface area contributed by atoms with Gasteiger partial charge in [-0.1, -0.05) is 59.6 Å². The van der Waals surface area contributed by atoms with Crippen molar-refractivity contribution in [3.8, 4) is 5.75 Å². The Balaban J connectivity index is 2.10. The summed E-state index contributed by atoms with van der Waals surface area (Å²) in [5.74, 6) is -0.782. The Hall–Kier alpha value is -3.27. The first-order valence-electron chi connectivity index (χ1n) is 12.2. The zero-order valence-corrected chi connectivity index (χ0v) is 24.4. The van der Waals surface area contributed by atoms with Crippen molar-refractivity contribution in [1.82, 2.24) is 10.2 Å². The number of para-hydroxylation sites is 2. The molecule has 0 aliphatic rings. The first kappa shape index (κ1) is 30.3. The molecule has 1 N–H and O–H groups in total. The fourth-order valence-corrected chi connectivity index (χ4v) is 5.87. The van der Waals surface area contributed by atoms with Crippen molar-refractivity contribution in [2.45, 2.75) is 44.3 Å². The van der Waals surface area contributed by atoms with E-state index >= 15 is 0 Å². The van der Waals surface area contributed by atoms with Gasteiger partial charge in [0.2, 0.25) is 11.8 Å². The summed E-state index contributed by atoms with van der Waals surface area (Å²) in [5.41, 5.74) is 0.611. The van der Waals surface area contributed by atoms with E-state index in [4.69, 9.17) is 27.9 Å². The molecular weight excluding hydrogens is 561 g/mol. The minimum absolute atomic E-state index is 0.00463. The summed E-state index contributed by atoms with van der Waals surface area (Å²) in [5, 5.41) is 3.43. The minimum atomic E-state index is -4.22. The van der Waals surface area contributed by atoms with E-state index in [1.165, 1.54) is 24.1 Å². The Labute approximate surface area is 239 Å². The van der Waals surface area contributed by atoms with Gasteiger partial charge in [0.1, 0.15) is 18.3 Å². The predicted molar refractivity (Wildman–Crippen MR) is 154 cm³/mol. The normalized spacial score (nSPS) is 12.1. The number of amides is 2. The molecule has 3 aromatic rings. The average molecular weight is 593 g/mol. The number of carbonyl (C=O) groups is 2. The quantitative estimate of drug-likeness (QED) is 0.333. The van der Waals surface area contributed by atoms with Crippen LogP contribution >= 0.6 is 23.2 Å². The number of nitrogens with one attached hydrogen (secondary N) is 1. The molecule has 8 nitrogen and oxygen atoms in total. The van der Waals surface area contributed by atoms with Crippen LogP contribution in [0.2, 0.25) is 10.0 Å². The molecule has 0 aliphatic heterocycles. The summed E-state index contributed by atoms with van der Waals surface area (Å²) in [4.78, 5) is 28.3. The lowest BCUT2D eigenvalue weighted by molar-refractivity contribution is -0.139. The van der Waals surface area contributed by atoms with Crippen LogP contribution in [-0.4, -0.2) is 50.9 Å². The summed E-state index contributed by atoms with van der Waals surface area (Å²) in [7, 11) is -2.80. The van der Waals surface area contributed by atoms with Crippen LogP contribution in [0.4, 0.5) is 5.69 Å². The molecule has 0 heterocycles. The highest BCUT2D eigenvalue weighted by Crippen LogP contribution is 2.33. The van der Waals surface area contributed by atoms with Gasteiger partial charge in [0, 0.05) is 28.2 Å². The molecular formula is C28H31Cl2N3O5S. The summed E-state index contributed by atoms with van der Waals surface area (Å²) >= 11 is 12.8. The smallest absolute Gasteiger partial charge is 0.264 e. The topological polar surface area (TPSA) is 96.0 Å². The zero-order chi connectivity index (χ0) is 28.7. The fourth-order valence-electron chi connectivity index (χ4n) is 3.91. The largest absolute Gasteiger partial charge is 0.495 e. The molecule has 11 heteroatoms. The highest BCUT2D eigenvalue weighted by Gasteiger charge is 2.34. The maximum Gasteiger partial charge on any atom is 0.264 e. The molecule has 0 saturated heterocycles. The Kier molecular flexibility index (Phi) is 10.2. The number of rotatable bonds is 11. The van der Waals surface area contributed by atoms with Crippen molar-refractivity contribution in [2.24, 2.45) is 0 Å². The van der Waals surface area contributed by atoms with Gasteiger partial charge in [0.05, 0.1) is 17.7 Å². The van der Waals surface area contributed by atoms with E-state index in [1.54, 1.807) is 81.4 Å². The third-order valence-electron chi connectivity index (χ3n) is 5.95. The average Bonchev–Trinajstić information content (AvgIpc) is 2.91. The molecule has 0 radical (unpaired) electrons. The van der Waals surface area contributed by atoms with E-state index in [0.717, 1.165) is 4.31 Å². The SMILES string of the molecule is COc1ccccc1N(CC(=O)N(Cc1c(Cl)cccc1Cl)[C@H](C)C(=O)NC(C)C)S(=O)(=O)c1ccccc1. The minimum Gasteiger partial charge on any atom is -0.495 e. The van der Waals surface area contributed by atoms with Gasteiger partial charge >= 0.3 is 0 Å². The van der Waals surface area contributed by atoms with Crippen LogP contribution in [0.5, 0.6) is 5.75 Å². The fraction of sp³-hybridized carbons (Fsp3) is 0.286. The number of hydrogen-bond donors (Lipinski definition) is 1. The van der Waals surface area contributed by atoms with E-state index in [0.29, 0.717) is 15.6 Å². The second-order valence-electron chi connectivity index (χ2n) is 9.06. The van der Waals surface area contributed by atoms with Crippen molar-refractivity contribution in [2.75, 3.05) is 18.0 Å². The lowest BCUT2D eigenvalue weighted by Crippen LogP contribution is -2.52. The number of hydrogen-bond acceptors (Lipinski definition) is 5. The van der Waals surface area contributed by atoms with Crippen LogP contribution in [0, 0.1) is 0 Å². The van der Waals surface area contributed by atoms with E-state index in [2.05, 4.69) is 5.32 Å². The number of halogens is 2. The van der Waals surface area contributed by atoms with Gasteiger partial charge < -0.3 is 15.0 Å². The van der Waals surface area contributed by atoms with Crippen LogP contribution in [-0.2, 0) is 26.2 Å². The molecule has 0 unspecified atom stereocenters. The molecule has 2 amide bonds. The van der Waals surface area contributed by atoms with Gasteiger partial charge in [-0.05, 0) is 57.2 Å². The molecule has 0 bridgehead atoms. The van der Waals surface area contributed by atoms with E-state index in [1.807, 2.05) is 0 Å². The van der Waals surface area contributed by atoms with Crippen LogP contribution < -0.4 is 14.4 Å². The summed E-state index contributed by atoms with van der Waals surface area (Å²) in [6, 6.07) is 18.1. The Morgan fingerprint density at radius 1 is 0.897 bits per heavy atom. The molecule has 0 saturated carbocycles. The number of methoxy groups -OCH3 is 1. The molecule has 0 aliphatic carbocycles. The molecule has 3 aromatic carbocycles. The van der Waals surface area contributed by atoms with Crippen molar-refractivity contribution in [1.29, 1.82) is 0 Å². The van der Waals surface area contributed by atoms with Crippen molar-refractivity contribution in [3.05, 3.63) is 88.4 Å². The van der Waals surface area contributed by atoms with Crippen molar-refractivity contribution >= 4 is 50.7 Å². The lowest BCUT2D eigenvalue weighted by atomic mass is 10.1. The number of ether oxygens (including phenoxy) is 1. The molecule has 0 spiro atoms. The molecule has 0 aromatic heterocycles. The number of nitrogens with zero attached hydrogens (tertiary/aromatic N) is 2. The molecule has 0 fully saturated rings. The van der Waals surface area contributed by atoms with Gasteiger partial charge in [-0.15, -0.1) is 0 Å². The van der Waals surface area contributed by atoms with E-state index in [-0.39, 0.29) is 28.9 Å². The first-order chi connectivity index (χ1) is 18.5. The maximum absolute atomic E-state index is 14.0. The molecule has 1 atom stereocenters. The summed E-state index contributed by atoms with van der Waals surface area (Å²) in [6.07, 6.45) is 0. The number of sulfonamides is 1. The van der Waals surface area contributed by atoms with Crippen molar-refractivity contribution < 1.29 is 22.7 Å². The van der Waals surface area contributed by atoms with E-state index in [9.17, 15) is 18.0 Å². The Morgan fingerprint density at radius 3 is 2.08 bits per heavy atom. The second-order valence-corrected chi connectivity index (χ2v) is 11.7. The maximum atomic E-state index is 14.0. The summed E-state index contributed by atoms with van der Waals surface area (Å²) in [6.45, 7) is 4.45. The zero-order valence-electron chi connectivity index (χ0n) is 22.1. The molecule has 208 valence electrons. The van der Waals surface area contributed by atoms with Crippen LogP contribution in [0.15, 0.2) is 77.7 Å². The molecule has 39 heavy (non-hydrogen) atoms. The number of anilines is 1. The summed E-state index contributed by atoms with van der Waals surface area (Å²) < 4.78 is 34.1. The van der Waals surface area contributed by atoms with Crippen LogP contribution in [0.25, 0.3) is 0 Å². The number of benzene rings is 3. The second kappa shape index (κ2) is 13.2. The van der Waals surface area contributed by atoms with Gasteiger partial charge in [-0.25, -0.2) is 8.42 Å². The predicted octanol–water partition coefficient (Wildman–Crippen LogP) is 5.14. The van der Waals surface area contributed by atoms with Gasteiger partial charge in [-0.3, -0.25) is 13.9 Å². The monoisotopic (exact) mass is 591 g/mol. The van der Waals surface area contributed by atoms with Crippen LogP contribution in [0.1, 0.15) is 26.3 Å². The van der Waals surface area contributed by atoms with Crippen LogP contribution in [0.3, 0.4) is 0 Å². The standard InChI is InChI=1S/C28H31Cl2N3O5S/c1-19(2)31-28(35)20(3)32(17-22-23(29)13-10-14-24(22)30)27(34)18-33(25-15-8-9-16-26(25)38-4)39(36,37)21-11-6-5-7-12-21/h5-16,19-20H,17-18H2,1-4H3,(H,31,35)/t20-/m1/s1. The third-order valence-corrected chi connectivity index (χ3v) is 8.43. The Bertz CT molecular complexity index is 1400. The van der Waals surface area contributed by atoms with Gasteiger partial charge in [-0.2, -0.15) is 0 Å². The highest BCUT2D eigenvalue weighted by atomic mass is 35.5. The molecule has 3 rings (SSSR count). The van der Waals surface area contributed by atoms with E-state index < -0.39 is 34.4 Å². The third kappa shape index (κ3) is 7.23. The highest BCUT2D eigenvalue weighted by molar-refractivity contribution is 7.92. The van der Waals surface area contributed by atoms with Gasteiger partial charge in [0.25, 0.3) is 10.0 Å². The first-order valence-corrected chi connectivity index (χ1v) is 14.4. The van der Waals surface area contributed by atoms with Crippen molar-refractivity contribution in [3.63, 3.8) is 0 Å². The van der Waals surface area contributed by atoms with Gasteiger partial charge in [0.15, 0.2) is 0 Å². The lowest BCUT2D eigenvalue weighted by Gasteiger charge is -2.33.